The molecule has 33 heavy (non-hydrogen) atoms. The minimum atomic E-state index is -3.79. The van der Waals surface area contributed by atoms with E-state index in [4.69, 9.17) is 0 Å². The quantitative estimate of drug-likeness (QED) is 0.478. The van der Waals surface area contributed by atoms with Crippen molar-refractivity contribution in [2.75, 3.05) is 17.8 Å². The van der Waals surface area contributed by atoms with Gasteiger partial charge in [-0.15, -0.1) is 0 Å². The van der Waals surface area contributed by atoms with Crippen LogP contribution in [0.1, 0.15) is 49.9 Å². The number of benzene rings is 2. The summed E-state index contributed by atoms with van der Waals surface area (Å²) in [5.74, 6) is 0.437. The van der Waals surface area contributed by atoms with Crippen molar-refractivity contribution in [3.8, 4) is 0 Å². The number of carbonyl (C=O) groups is 1. The summed E-state index contributed by atoms with van der Waals surface area (Å²) in [5, 5.41) is 11.6. The van der Waals surface area contributed by atoms with Gasteiger partial charge in [0.05, 0.1) is 11.1 Å². The maximum absolute atomic E-state index is 12.9. The first-order valence-electron chi connectivity index (χ1n) is 11.4. The van der Waals surface area contributed by atoms with Crippen molar-refractivity contribution in [1.29, 1.82) is 0 Å². The van der Waals surface area contributed by atoms with Gasteiger partial charge in [-0.1, -0.05) is 26.0 Å². The number of aliphatic hydroxyl groups is 1. The zero-order valence-corrected chi connectivity index (χ0v) is 19.9. The molecule has 3 N–H and O–H groups in total. The molecule has 1 fully saturated rings. The SMILES string of the molecule is CC(C)CCC1(O)CCN(C(=O)c2ccc(NS(=O)(=O)c3cccc4cc[nH]c34)cc2)CC1. The molecule has 3 aromatic rings. The summed E-state index contributed by atoms with van der Waals surface area (Å²) in [6.45, 7) is 5.32. The molecule has 1 aliphatic rings. The molecule has 0 aliphatic carbocycles. The molecule has 8 heteroatoms. The molecule has 7 nitrogen and oxygen atoms in total. The van der Waals surface area contributed by atoms with Crippen LogP contribution in [-0.4, -0.2) is 48.0 Å². The highest BCUT2D eigenvalue weighted by Gasteiger charge is 2.33. The van der Waals surface area contributed by atoms with Crippen LogP contribution in [0.2, 0.25) is 0 Å². The Bertz CT molecular complexity index is 1220. The summed E-state index contributed by atoms with van der Waals surface area (Å²) in [6.07, 6.45) is 4.59. The number of aromatic amines is 1. The lowest BCUT2D eigenvalue weighted by Crippen LogP contribution is -2.46. The Hall–Kier alpha value is -2.84. The summed E-state index contributed by atoms with van der Waals surface area (Å²) in [6, 6.07) is 13.4. The minimum Gasteiger partial charge on any atom is -0.390 e. The van der Waals surface area contributed by atoms with Crippen molar-refractivity contribution >= 4 is 32.5 Å². The van der Waals surface area contributed by atoms with Crippen LogP contribution in [0.4, 0.5) is 5.69 Å². The number of likely N-dealkylation sites (tertiary alicyclic amines) is 1. The van der Waals surface area contributed by atoms with Crippen LogP contribution < -0.4 is 4.72 Å². The van der Waals surface area contributed by atoms with Crippen LogP contribution in [0.3, 0.4) is 0 Å². The molecule has 0 bridgehead atoms. The van der Waals surface area contributed by atoms with Gasteiger partial charge in [-0.2, -0.15) is 0 Å². The van der Waals surface area contributed by atoms with Crippen LogP contribution in [0, 0.1) is 5.92 Å². The van der Waals surface area contributed by atoms with Crippen molar-refractivity contribution in [1.82, 2.24) is 9.88 Å². The molecule has 1 saturated heterocycles. The molecule has 4 rings (SSSR count). The number of nitrogens with one attached hydrogen (secondary N) is 2. The van der Waals surface area contributed by atoms with Gasteiger partial charge in [0.1, 0.15) is 4.90 Å². The fourth-order valence-corrected chi connectivity index (χ4v) is 5.55. The molecule has 0 saturated carbocycles. The van der Waals surface area contributed by atoms with Crippen LogP contribution in [-0.2, 0) is 10.0 Å². The number of anilines is 1. The van der Waals surface area contributed by atoms with Gasteiger partial charge in [0, 0.05) is 35.9 Å². The lowest BCUT2D eigenvalue weighted by molar-refractivity contribution is -0.0262. The number of fused-ring (bicyclic) bond motifs is 1. The van der Waals surface area contributed by atoms with Gasteiger partial charge in [0.15, 0.2) is 0 Å². The molecular weight excluding hydrogens is 438 g/mol. The number of amides is 1. The third-order valence-electron chi connectivity index (χ3n) is 6.39. The Morgan fingerprint density at radius 1 is 1.12 bits per heavy atom. The highest BCUT2D eigenvalue weighted by Crippen LogP contribution is 2.29. The third kappa shape index (κ3) is 5.23. The smallest absolute Gasteiger partial charge is 0.263 e. The Morgan fingerprint density at radius 2 is 1.82 bits per heavy atom. The van der Waals surface area contributed by atoms with Crippen LogP contribution in [0.5, 0.6) is 0 Å². The lowest BCUT2D eigenvalue weighted by atomic mass is 9.85. The number of carbonyl (C=O) groups excluding carboxylic acids is 1. The zero-order chi connectivity index (χ0) is 23.6. The maximum atomic E-state index is 12.9. The van der Waals surface area contributed by atoms with Crippen LogP contribution in [0.15, 0.2) is 59.6 Å². The number of rotatable bonds is 7. The normalized spacial score (nSPS) is 16.3. The number of sulfonamides is 1. The Labute approximate surface area is 194 Å². The number of hydrogen-bond acceptors (Lipinski definition) is 4. The van der Waals surface area contributed by atoms with Crippen LogP contribution >= 0.6 is 0 Å². The second-order valence-corrected chi connectivity index (χ2v) is 11.0. The van der Waals surface area contributed by atoms with Gasteiger partial charge in [-0.3, -0.25) is 9.52 Å². The minimum absolute atomic E-state index is 0.105. The largest absolute Gasteiger partial charge is 0.390 e. The van der Waals surface area contributed by atoms with E-state index < -0.39 is 15.6 Å². The van der Waals surface area contributed by atoms with Gasteiger partial charge < -0.3 is 15.0 Å². The Morgan fingerprint density at radius 3 is 2.48 bits per heavy atom. The van der Waals surface area contributed by atoms with Crippen LogP contribution in [0.25, 0.3) is 10.9 Å². The van der Waals surface area contributed by atoms with E-state index in [9.17, 15) is 18.3 Å². The average molecular weight is 470 g/mol. The summed E-state index contributed by atoms with van der Waals surface area (Å²) in [4.78, 5) is 17.8. The molecule has 2 heterocycles. The standard InChI is InChI=1S/C25H31N3O4S/c1-18(2)10-12-25(30)13-16-28(17-14-25)24(29)20-6-8-21(9-7-20)27-33(31,32)22-5-3-4-19-11-15-26-23(19)22/h3-9,11,15,18,26-27,30H,10,12-14,16-17H2,1-2H3. The van der Waals surface area contributed by atoms with Crippen molar-refractivity contribution in [2.24, 2.45) is 5.92 Å². The Kier molecular flexibility index (Phi) is 6.50. The first-order chi connectivity index (χ1) is 15.7. The van der Waals surface area contributed by atoms with E-state index in [2.05, 4.69) is 23.6 Å². The third-order valence-corrected chi connectivity index (χ3v) is 7.81. The number of nitrogens with zero attached hydrogens (tertiary/aromatic N) is 1. The van der Waals surface area contributed by atoms with E-state index in [1.807, 2.05) is 12.1 Å². The van der Waals surface area contributed by atoms with Gasteiger partial charge in [0.2, 0.25) is 0 Å². The second-order valence-electron chi connectivity index (χ2n) is 9.33. The summed E-state index contributed by atoms with van der Waals surface area (Å²) >= 11 is 0. The van der Waals surface area contributed by atoms with E-state index in [0.717, 1.165) is 18.2 Å². The molecule has 0 spiro atoms. The topological polar surface area (TPSA) is 102 Å². The summed E-state index contributed by atoms with van der Waals surface area (Å²) in [7, 11) is -3.79. The average Bonchev–Trinajstić information content (AvgIpc) is 3.27. The highest BCUT2D eigenvalue weighted by atomic mass is 32.2. The molecule has 1 aromatic heterocycles. The number of para-hydroxylation sites is 1. The first-order valence-corrected chi connectivity index (χ1v) is 12.9. The van der Waals surface area contributed by atoms with Crippen molar-refractivity contribution in [2.45, 2.75) is 50.0 Å². The number of aromatic nitrogens is 1. The van der Waals surface area contributed by atoms with Crippen molar-refractivity contribution in [3.05, 3.63) is 60.3 Å². The number of piperidine rings is 1. The van der Waals surface area contributed by atoms with Gasteiger partial charge in [-0.05, 0) is 68.0 Å². The fourth-order valence-electron chi connectivity index (χ4n) is 4.29. The van der Waals surface area contributed by atoms with Crippen molar-refractivity contribution in [3.63, 3.8) is 0 Å². The zero-order valence-electron chi connectivity index (χ0n) is 19.0. The molecule has 0 unspecified atom stereocenters. The van der Waals surface area contributed by atoms with E-state index in [1.165, 1.54) is 0 Å². The summed E-state index contributed by atoms with van der Waals surface area (Å²) in [5.41, 5.74) is 0.745. The van der Waals surface area contributed by atoms with E-state index in [-0.39, 0.29) is 10.8 Å². The predicted octanol–water partition coefficient (Wildman–Crippen LogP) is 4.37. The molecule has 1 aliphatic heterocycles. The number of H-pyrrole nitrogens is 1. The first kappa shape index (κ1) is 23.3. The molecule has 176 valence electrons. The fraction of sp³-hybridized carbons (Fsp3) is 0.400. The van der Waals surface area contributed by atoms with Gasteiger partial charge >= 0.3 is 0 Å². The monoisotopic (exact) mass is 469 g/mol. The molecular formula is C25H31N3O4S. The number of hydrogen-bond donors (Lipinski definition) is 3. The molecule has 0 atom stereocenters. The highest BCUT2D eigenvalue weighted by molar-refractivity contribution is 7.93. The van der Waals surface area contributed by atoms with Gasteiger partial charge in [0.25, 0.3) is 15.9 Å². The lowest BCUT2D eigenvalue weighted by Gasteiger charge is -2.38. The predicted molar refractivity (Wildman–Crippen MR) is 130 cm³/mol. The Balaban J connectivity index is 1.40. The maximum Gasteiger partial charge on any atom is 0.263 e. The van der Waals surface area contributed by atoms with Gasteiger partial charge in [-0.25, -0.2) is 8.42 Å². The molecule has 1 amide bonds. The second kappa shape index (κ2) is 9.19. The van der Waals surface area contributed by atoms with E-state index >= 15 is 0 Å². The van der Waals surface area contributed by atoms with E-state index in [1.54, 1.807) is 47.5 Å². The van der Waals surface area contributed by atoms with Crippen molar-refractivity contribution < 1.29 is 18.3 Å². The molecule has 2 aromatic carbocycles. The summed E-state index contributed by atoms with van der Waals surface area (Å²) < 4.78 is 28.4. The molecule has 0 radical (unpaired) electrons. The van der Waals surface area contributed by atoms with E-state index in [0.29, 0.717) is 48.6 Å².